The maximum absolute atomic E-state index is 13.4. The van der Waals surface area contributed by atoms with Crippen molar-refractivity contribution >= 4 is 40.1 Å². The Labute approximate surface area is 232 Å². The third-order valence-electron chi connectivity index (χ3n) is 7.03. The number of amides is 2. The van der Waals surface area contributed by atoms with Crippen molar-refractivity contribution in [3.63, 3.8) is 0 Å². The van der Waals surface area contributed by atoms with Crippen molar-refractivity contribution in [2.24, 2.45) is 7.05 Å². The number of hydrogen-bond donors (Lipinski definition) is 3. The number of aromatic nitrogens is 4. The lowest BCUT2D eigenvalue weighted by Gasteiger charge is -2.38. The number of nitrogens with zero attached hydrogens (tertiary/aromatic N) is 4. The summed E-state index contributed by atoms with van der Waals surface area (Å²) in [4.78, 5) is 31.7. The van der Waals surface area contributed by atoms with Crippen LogP contribution in [0.2, 0.25) is 5.02 Å². The molecule has 1 aliphatic heterocycles. The minimum Gasteiger partial charge on any atom is -0.361 e. The lowest BCUT2D eigenvalue weighted by atomic mass is 9.86. The monoisotopic (exact) mass is 545 g/mol. The SMILES string of the molecule is C=CC(=O)N1CC(NC(=O)c2c(-c3ccccc3)nc(CNc3n[nH]c4cc(Cl)c(C(C)(C)C)cc34)n2C)C1. The molecule has 0 bridgehead atoms. The smallest absolute Gasteiger partial charge is 0.270 e. The van der Waals surface area contributed by atoms with Gasteiger partial charge in [0.2, 0.25) is 5.91 Å². The first-order chi connectivity index (χ1) is 18.6. The molecule has 3 heterocycles. The Bertz CT molecular complexity index is 1560. The van der Waals surface area contributed by atoms with Gasteiger partial charge in [-0.1, -0.05) is 69.3 Å². The number of fused-ring (bicyclic) bond motifs is 1. The number of hydrogen-bond acceptors (Lipinski definition) is 5. The van der Waals surface area contributed by atoms with E-state index in [4.69, 9.17) is 16.6 Å². The molecule has 1 fully saturated rings. The number of carbonyl (C=O) groups excluding carboxylic acids is 2. The van der Waals surface area contributed by atoms with Crippen LogP contribution in [0, 0.1) is 0 Å². The zero-order valence-electron chi connectivity index (χ0n) is 22.5. The van der Waals surface area contributed by atoms with Crippen molar-refractivity contribution in [2.45, 2.75) is 38.8 Å². The molecule has 0 aliphatic carbocycles. The second-order valence-corrected chi connectivity index (χ2v) is 11.2. The summed E-state index contributed by atoms with van der Waals surface area (Å²) in [6, 6.07) is 13.5. The van der Waals surface area contributed by atoms with Crippen molar-refractivity contribution in [3.05, 3.63) is 77.2 Å². The number of nitrogens with one attached hydrogen (secondary N) is 3. The van der Waals surface area contributed by atoms with Gasteiger partial charge >= 0.3 is 0 Å². The van der Waals surface area contributed by atoms with E-state index in [0.29, 0.717) is 47.7 Å². The van der Waals surface area contributed by atoms with Crippen LogP contribution in [0.25, 0.3) is 22.2 Å². The molecule has 3 N–H and O–H groups in total. The summed E-state index contributed by atoms with van der Waals surface area (Å²) in [6.07, 6.45) is 1.28. The number of imidazole rings is 1. The largest absolute Gasteiger partial charge is 0.361 e. The number of halogens is 1. The van der Waals surface area contributed by atoms with E-state index in [9.17, 15) is 9.59 Å². The van der Waals surface area contributed by atoms with Gasteiger partial charge in [-0.2, -0.15) is 5.10 Å². The third kappa shape index (κ3) is 5.14. The Hall–Kier alpha value is -4.11. The van der Waals surface area contributed by atoms with Crippen molar-refractivity contribution in [1.82, 2.24) is 30.0 Å². The molecule has 2 amide bonds. The predicted octanol–water partition coefficient (Wildman–Crippen LogP) is 4.65. The van der Waals surface area contributed by atoms with E-state index in [1.54, 1.807) is 4.90 Å². The second-order valence-electron chi connectivity index (χ2n) is 10.8. The molecule has 2 aromatic heterocycles. The fourth-order valence-corrected chi connectivity index (χ4v) is 5.25. The molecule has 0 unspecified atom stereocenters. The van der Waals surface area contributed by atoms with Crippen LogP contribution >= 0.6 is 11.6 Å². The predicted molar refractivity (Wildman–Crippen MR) is 154 cm³/mol. The summed E-state index contributed by atoms with van der Waals surface area (Å²) in [6.45, 7) is 11.1. The maximum atomic E-state index is 13.4. The normalized spacial score (nSPS) is 13.8. The third-order valence-corrected chi connectivity index (χ3v) is 7.34. The molecule has 1 saturated heterocycles. The summed E-state index contributed by atoms with van der Waals surface area (Å²) in [5, 5.41) is 15.6. The molecule has 39 heavy (non-hydrogen) atoms. The van der Waals surface area contributed by atoms with E-state index in [1.807, 2.05) is 48.0 Å². The molecule has 4 aromatic rings. The second kappa shape index (κ2) is 10.2. The number of benzene rings is 2. The van der Waals surface area contributed by atoms with Gasteiger partial charge < -0.3 is 20.1 Å². The Morgan fingerprint density at radius 2 is 1.92 bits per heavy atom. The lowest BCUT2D eigenvalue weighted by molar-refractivity contribution is -0.130. The van der Waals surface area contributed by atoms with Gasteiger partial charge in [0.25, 0.3) is 5.91 Å². The summed E-state index contributed by atoms with van der Waals surface area (Å²) in [7, 11) is 1.83. The number of aromatic amines is 1. The van der Waals surface area contributed by atoms with Gasteiger partial charge in [0.15, 0.2) is 5.82 Å². The molecule has 0 radical (unpaired) electrons. The Balaban J connectivity index is 1.41. The number of carbonyl (C=O) groups is 2. The average molecular weight is 546 g/mol. The van der Waals surface area contributed by atoms with Crippen LogP contribution in [0.15, 0.2) is 55.1 Å². The quantitative estimate of drug-likeness (QED) is 0.293. The highest BCUT2D eigenvalue weighted by Gasteiger charge is 2.32. The molecule has 0 saturated carbocycles. The zero-order valence-corrected chi connectivity index (χ0v) is 23.3. The van der Waals surface area contributed by atoms with Gasteiger partial charge in [-0.15, -0.1) is 0 Å². The Kier molecular flexibility index (Phi) is 6.94. The number of anilines is 1. The van der Waals surface area contributed by atoms with Crippen molar-refractivity contribution < 1.29 is 9.59 Å². The molecule has 5 rings (SSSR count). The van der Waals surface area contributed by atoms with E-state index >= 15 is 0 Å². The van der Waals surface area contributed by atoms with Gasteiger partial charge in [-0.25, -0.2) is 4.98 Å². The van der Waals surface area contributed by atoms with Gasteiger partial charge in [0.1, 0.15) is 17.2 Å². The van der Waals surface area contributed by atoms with Crippen LogP contribution in [0.1, 0.15) is 42.6 Å². The minimum atomic E-state index is -0.236. The van der Waals surface area contributed by atoms with E-state index in [1.165, 1.54) is 6.08 Å². The fraction of sp³-hybridized carbons (Fsp3) is 0.310. The molecule has 0 atom stereocenters. The first-order valence-electron chi connectivity index (χ1n) is 12.8. The Morgan fingerprint density at radius 1 is 1.21 bits per heavy atom. The van der Waals surface area contributed by atoms with Crippen molar-refractivity contribution in [2.75, 3.05) is 18.4 Å². The molecule has 9 nitrogen and oxygen atoms in total. The topological polar surface area (TPSA) is 108 Å². The molecule has 0 spiro atoms. The van der Waals surface area contributed by atoms with Gasteiger partial charge in [0, 0.05) is 36.1 Å². The van der Waals surface area contributed by atoms with E-state index < -0.39 is 0 Å². The maximum Gasteiger partial charge on any atom is 0.270 e. The van der Waals surface area contributed by atoms with Crippen LogP contribution in [0.3, 0.4) is 0 Å². The molecule has 1 aliphatic rings. The summed E-state index contributed by atoms with van der Waals surface area (Å²) in [5.74, 6) is 0.990. The standard InChI is InChI=1S/C29H32ClN7O2/c1-6-24(38)37-15-18(16-37)32-28(39)26-25(17-10-8-7-9-11-17)33-23(36(26)5)14-31-27-19-12-20(29(2,3)4)21(30)13-22(19)34-35-27/h6-13,18H,1,14-16H2,2-5H3,(H,32,39)(H2,31,34,35). The molecule has 10 heteroatoms. The highest BCUT2D eigenvalue weighted by Crippen LogP contribution is 2.35. The van der Waals surface area contributed by atoms with Gasteiger partial charge in [-0.3, -0.25) is 14.7 Å². The molecule has 2 aromatic carbocycles. The van der Waals surface area contributed by atoms with E-state index in [-0.39, 0.29) is 23.3 Å². The molecule has 202 valence electrons. The van der Waals surface area contributed by atoms with Crippen LogP contribution < -0.4 is 10.6 Å². The molecular weight excluding hydrogens is 514 g/mol. The van der Waals surface area contributed by atoms with Gasteiger partial charge in [0.05, 0.1) is 18.1 Å². The zero-order chi connectivity index (χ0) is 27.9. The number of rotatable bonds is 7. The van der Waals surface area contributed by atoms with Crippen LogP contribution in [-0.2, 0) is 23.8 Å². The lowest BCUT2D eigenvalue weighted by Crippen LogP contribution is -2.60. The number of H-pyrrole nitrogens is 1. The first kappa shape index (κ1) is 26.5. The Morgan fingerprint density at radius 3 is 2.59 bits per heavy atom. The summed E-state index contributed by atoms with van der Waals surface area (Å²) >= 11 is 6.54. The van der Waals surface area contributed by atoms with E-state index in [2.05, 4.69) is 54.2 Å². The highest BCUT2D eigenvalue weighted by atomic mass is 35.5. The van der Waals surface area contributed by atoms with E-state index in [0.717, 1.165) is 22.0 Å². The summed E-state index contributed by atoms with van der Waals surface area (Å²) < 4.78 is 1.81. The van der Waals surface area contributed by atoms with Crippen molar-refractivity contribution in [3.8, 4) is 11.3 Å². The van der Waals surface area contributed by atoms with Crippen molar-refractivity contribution in [1.29, 1.82) is 0 Å². The number of likely N-dealkylation sites (tertiary alicyclic amines) is 1. The average Bonchev–Trinajstić information content (AvgIpc) is 3.43. The van der Waals surface area contributed by atoms with Crippen LogP contribution in [0.4, 0.5) is 5.82 Å². The molecular formula is C29H32ClN7O2. The van der Waals surface area contributed by atoms with Gasteiger partial charge in [-0.05, 0) is 29.2 Å². The first-order valence-corrected chi connectivity index (χ1v) is 13.2. The highest BCUT2D eigenvalue weighted by molar-refractivity contribution is 6.32. The van der Waals surface area contributed by atoms with Crippen LogP contribution in [0.5, 0.6) is 0 Å². The van der Waals surface area contributed by atoms with Crippen LogP contribution in [-0.4, -0.2) is 55.6 Å². The minimum absolute atomic E-state index is 0.122. The fourth-order valence-electron chi connectivity index (χ4n) is 4.80. The summed E-state index contributed by atoms with van der Waals surface area (Å²) in [5.41, 5.74) is 3.65.